The van der Waals surface area contributed by atoms with Gasteiger partial charge in [0.25, 0.3) is 0 Å². The SMILES string of the molecule is COc1cccc(-c2nc(-c3ccc(F)cc3)n(CC(=O)N3CCN(c4ncccn4)CC3)n2)c1. The summed E-state index contributed by atoms with van der Waals surface area (Å²) in [4.78, 5) is 30.3. The van der Waals surface area contributed by atoms with Gasteiger partial charge in [0.1, 0.15) is 18.1 Å². The third-order valence-electron chi connectivity index (χ3n) is 5.85. The number of hydrogen-bond acceptors (Lipinski definition) is 7. The quantitative estimate of drug-likeness (QED) is 0.425. The fourth-order valence-electron chi connectivity index (χ4n) is 3.99. The molecule has 5 rings (SSSR count). The minimum Gasteiger partial charge on any atom is -0.497 e. The maximum absolute atomic E-state index is 13.5. The standard InChI is InChI=1S/C25H24FN7O2/c1-35-21-5-2-4-19(16-21)23-29-24(18-6-8-20(26)9-7-18)33(30-23)17-22(34)31-12-14-32(15-13-31)25-27-10-3-11-28-25/h2-11,16H,12-15,17H2,1H3. The Bertz CT molecular complexity index is 1300. The average Bonchev–Trinajstić information content (AvgIpc) is 3.33. The second-order valence-electron chi connectivity index (χ2n) is 8.07. The molecule has 2 aromatic carbocycles. The van der Waals surface area contributed by atoms with Crippen LogP contribution in [0.1, 0.15) is 0 Å². The van der Waals surface area contributed by atoms with E-state index in [4.69, 9.17) is 4.74 Å². The highest BCUT2D eigenvalue weighted by Crippen LogP contribution is 2.25. The molecule has 0 unspecified atom stereocenters. The van der Waals surface area contributed by atoms with E-state index in [1.165, 1.54) is 12.1 Å². The van der Waals surface area contributed by atoms with Crippen LogP contribution < -0.4 is 9.64 Å². The summed E-state index contributed by atoms with van der Waals surface area (Å²) in [5.74, 6) is 1.89. The molecule has 9 nitrogen and oxygen atoms in total. The van der Waals surface area contributed by atoms with Crippen LogP contribution in [0.15, 0.2) is 67.0 Å². The van der Waals surface area contributed by atoms with Gasteiger partial charge in [-0.2, -0.15) is 0 Å². The number of anilines is 1. The molecule has 0 radical (unpaired) electrons. The number of carbonyl (C=O) groups excluding carboxylic acids is 1. The van der Waals surface area contributed by atoms with Crippen LogP contribution in [0.4, 0.5) is 10.3 Å². The van der Waals surface area contributed by atoms with E-state index in [9.17, 15) is 9.18 Å². The first-order chi connectivity index (χ1) is 17.1. The number of rotatable bonds is 6. The zero-order valence-electron chi connectivity index (χ0n) is 19.2. The number of hydrogen-bond donors (Lipinski definition) is 0. The van der Waals surface area contributed by atoms with Crippen LogP contribution in [-0.4, -0.2) is 68.8 Å². The third kappa shape index (κ3) is 4.96. The number of halogens is 1. The predicted octanol–water partition coefficient (Wildman–Crippen LogP) is 2.90. The van der Waals surface area contributed by atoms with E-state index in [1.807, 2.05) is 24.3 Å². The highest BCUT2D eigenvalue weighted by atomic mass is 19.1. The Morgan fingerprint density at radius 1 is 0.971 bits per heavy atom. The molecule has 2 aromatic heterocycles. The monoisotopic (exact) mass is 473 g/mol. The molecule has 3 heterocycles. The fourth-order valence-corrected chi connectivity index (χ4v) is 3.99. The van der Waals surface area contributed by atoms with E-state index in [2.05, 4.69) is 25.0 Å². The Kier molecular flexibility index (Phi) is 6.34. The van der Waals surface area contributed by atoms with Crippen LogP contribution in [0.25, 0.3) is 22.8 Å². The number of carbonyl (C=O) groups is 1. The molecule has 1 amide bonds. The van der Waals surface area contributed by atoms with Crippen molar-refractivity contribution in [2.45, 2.75) is 6.54 Å². The van der Waals surface area contributed by atoms with Crippen LogP contribution in [-0.2, 0) is 11.3 Å². The van der Waals surface area contributed by atoms with E-state index in [0.29, 0.717) is 55.1 Å². The molecule has 0 atom stereocenters. The first kappa shape index (κ1) is 22.5. The number of ether oxygens (including phenoxy) is 1. The van der Waals surface area contributed by atoms with E-state index < -0.39 is 0 Å². The van der Waals surface area contributed by atoms with E-state index in [0.717, 1.165) is 5.56 Å². The van der Waals surface area contributed by atoms with Gasteiger partial charge < -0.3 is 14.5 Å². The summed E-state index contributed by atoms with van der Waals surface area (Å²) in [7, 11) is 1.59. The minimum atomic E-state index is -0.343. The summed E-state index contributed by atoms with van der Waals surface area (Å²) in [6.07, 6.45) is 3.42. The number of amides is 1. The maximum Gasteiger partial charge on any atom is 0.244 e. The topological polar surface area (TPSA) is 89.3 Å². The number of nitrogens with zero attached hydrogens (tertiary/aromatic N) is 7. The van der Waals surface area contributed by atoms with Crippen LogP contribution in [0.2, 0.25) is 0 Å². The Hall–Kier alpha value is -4.34. The second kappa shape index (κ2) is 9.88. The number of benzene rings is 2. The van der Waals surface area contributed by atoms with Gasteiger partial charge in [-0.25, -0.2) is 24.0 Å². The van der Waals surface area contributed by atoms with Crippen molar-refractivity contribution in [3.8, 4) is 28.5 Å². The van der Waals surface area contributed by atoms with Gasteiger partial charge in [-0.05, 0) is 42.5 Å². The molecule has 1 fully saturated rings. The van der Waals surface area contributed by atoms with Crippen molar-refractivity contribution in [2.24, 2.45) is 0 Å². The van der Waals surface area contributed by atoms with Crippen molar-refractivity contribution < 1.29 is 13.9 Å². The zero-order valence-corrected chi connectivity index (χ0v) is 19.2. The molecule has 10 heteroatoms. The summed E-state index contributed by atoms with van der Waals surface area (Å²) in [6, 6.07) is 15.2. The van der Waals surface area contributed by atoms with Crippen LogP contribution >= 0.6 is 0 Å². The molecule has 178 valence electrons. The zero-order chi connectivity index (χ0) is 24.2. The van der Waals surface area contributed by atoms with Gasteiger partial charge in [0, 0.05) is 49.7 Å². The van der Waals surface area contributed by atoms with Gasteiger partial charge in [0.05, 0.1) is 7.11 Å². The Balaban J connectivity index is 1.37. The van der Waals surface area contributed by atoms with Crippen LogP contribution in [0.3, 0.4) is 0 Å². The first-order valence-electron chi connectivity index (χ1n) is 11.3. The molecule has 0 bridgehead atoms. The Labute approximate surface area is 201 Å². The highest BCUT2D eigenvalue weighted by molar-refractivity contribution is 5.77. The molecule has 1 aliphatic rings. The minimum absolute atomic E-state index is 0.0194. The van der Waals surface area contributed by atoms with Gasteiger partial charge in [0.15, 0.2) is 11.6 Å². The number of methoxy groups -OCH3 is 1. The highest BCUT2D eigenvalue weighted by Gasteiger charge is 2.24. The van der Waals surface area contributed by atoms with Crippen molar-refractivity contribution >= 4 is 11.9 Å². The van der Waals surface area contributed by atoms with E-state index in [1.54, 1.807) is 47.3 Å². The lowest BCUT2D eigenvalue weighted by atomic mass is 10.2. The predicted molar refractivity (Wildman–Crippen MR) is 128 cm³/mol. The molecule has 0 saturated carbocycles. The molecular weight excluding hydrogens is 449 g/mol. The molecule has 35 heavy (non-hydrogen) atoms. The fraction of sp³-hybridized carbons (Fsp3) is 0.240. The van der Waals surface area contributed by atoms with Gasteiger partial charge in [0.2, 0.25) is 11.9 Å². The lowest BCUT2D eigenvalue weighted by molar-refractivity contribution is -0.132. The number of aromatic nitrogens is 5. The normalized spacial score (nSPS) is 13.7. The maximum atomic E-state index is 13.5. The molecule has 1 saturated heterocycles. The van der Waals surface area contributed by atoms with Gasteiger partial charge in [-0.1, -0.05) is 12.1 Å². The van der Waals surface area contributed by atoms with Crippen LogP contribution in [0.5, 0.6) is 5.75 Å². The second-order valence-corrected chi connectivity index (χ2v) is 8.07. The Morgan fingerprint density at radius 2 is 1.71 bits per heavy atom. The molecular formula is C25H24FN7O2. The average molecular weight is 474 g/mol. The van der Waals surface area contributed by atoms with Gasteiger partial charge >= 0.3 is 0 Å². The third-order valence-corrected chi connectivity index (χ3v) is 5.85. The molecule has 0 spiro atoms. The van der Waals surface area contributed by atoms with Crippen molar-refractivity contribution in [3.63, 3.8) is 0 Å². The van der Waals surface area contributed by atoms with Crippen molar-refractivity contribution in [1.82, 2.24) is 29.6 Å². The first-order valence-corrected chi connectivity index (χ1v) is 11.3. The van der Waals surface area contributed by atoms with Gasteiger partial charge in [-0.3, -0.25) is 4.79 Å². The summed E-state index contributed by atoms with van der Waals surface area (Å²) in [5.41, 5.74) is 1.43. The van der Waals surface area contributed by atoms with Crippen molar-refractivity contribution in [1.29, 1.82) is 0 Å². The molecule has 4 aromatic rings. The van der Waals surface area contributed by atoms with Crippen molar-refractivity contribution in [3.05, 3.63) is 72.8 Å². The van der Waals surface area contributed by atoms with E-state index in [-0.39, 0.29) is 18.3 Å². The lowest BCUT2D eigenvalue weighted by Crippen LogP contribution is -2.50. The summed E-state index contributed by atoms with van der Waals surface area (Å²) >= 11 is 0. The summed E-state index contributed by atoms with van der Waals surface area (Å²) in [5, 5.41) is 4.63. The lowest BCUT2D eigenvalue weighted by Gasteiger charge is -2.34. The smallest absolute Gasteiger partial charge is 0.244 e. The summed E-state index contributed by atoms with van der Waals surface area (Å²) in [6.45, 7) is 2.42. The molecule has 1 aliphatic heterocycles. The largest absolute Gasteiger partial charge is 0.497 e. The summed E-state index contributed by atoms with van der Waals surface area (Å²) < 4.78 is 20.4. The van der Waals surface area contributed by atoms with E-state index >= 15 is 0 Å². The molecule has 0 aliphatic carbocycles. The van der Waals surface area contributed by atoms with Crippen LogP contribution in [0, 0.1) is 5.82 Å². The van der Waals surface area contributed by atoms with Crippen molar-refractivity contribution in [2.75, 3.05) is 38.2 Å². The van der Waals surface area contributed by atoms with Gasteiger partial charge in [-0.15, -0.1) is 5.10 Å². The molecule has 0 N–H and O–H groups in total. The Morgan fingerprint density at radius 3 is 2.43 bits per heavy atom. The number of piperazine rings is 1.